The Morgan fingerprint density at radius 2 is 2.00 bits per heavy atom. The van der Waals surface area contributed by atoms with Crippen molar-refractivity contribution in [2.45, 2.75) is 32.3 Å². The van der Waals surface area contributed by atoms with Crippen LogP contribution in [0.1, 0.15) is 26.7 Å². The molecule has 1 aromatic carbocycles. The van der Waals surface area contributed by atoms with E-state index in [1.165, 1.54) is 12.1 Å². The van der Waals surface area contributed by atoms with Crippen LogP contribution in [0, 0.1) is 5.82 Å². The van der Waals surface area contributed by atoms with E-state index in [9.17, 15) is 9.50 Å². The first kappa shape index (κ1) is 14.1. The molecule has 0 aliphatic rings. The lowest BCUT2D eigenvalue weighted by Crippen LogP contribution is -2.35. The van der Waals surface area contributed by atoms with E-state index in [4.69, 9.17) is 17.3 Å². The van der Waals surface area contributed by atoms with Gasteiger partial charge in [-0.3, -0.25) is 0 Å². The molecule has 0 aromatic heterocycles. The first-order chi connectivity index (χ1) is 7.91. The van der Waals surface area contributed by atoms with Crippen molar-refractivity contribution >= 4 is 23.0 Å². The highest BCUT2D eigenvalue weighted by Crippen LogP contribution is 2.27. The molecule has 4 N–H and O–H groups in total. The number of nitrogens with two attached hydrogens (primary N) is 1. The molecule has 0 radical (unpaired) electrons. The molecule has 0 spiro atoms. The van der Waals surface area contributed by atoms with Gasteiger partial charge in [0.2, 0.25) is 0 Å². The second-order valence-electron chi connectivity index (χ2n) is 4.14. The van der Waals surface area contributed by atoms with Crippen LogP contribution in [0.15, 0.2) is 12.1 Å². The molecule has 0 fully saturated rings. The lowest BCUT2D eigenvalue weighted by molar-refractivity contribution is 0.0457. The quantitative estimate of drug-likeness (QED) is 0.714. The first-order valence-electron chi connectivity index (χ1n) is 5.62. The van der Waals surface area contributed by atoms with Crippen molar-refractivity contribution < 1.29 is 9.50 Å². The maximum Gasteiger partial charge on any atom is 0.143 e. The van der Waals surface area contributed by atoms with Gasteiger partial charge in [-0.25, -0.2) is 4.39 Å². The Kier molecular flexibility index (Phi) is 4.60. The molecule has 0 amide bonds. The Morgan fingerprint density at radius 3 is 2.53 bits per heavy atom. The summed E-state index contributed by atoms with van der Waals surface area (Å²) in [5, 5.41) is 13.0. The van der Waals surface area contributed by atoms with Crippen molar-refractivity contribution in [3.63, 3.8) is 0 Å². The molecule has 3 nitrogen and oxygen atoms in total. The maximum absolute atomic E-state index is 13.3. The number of nitrogen functional groups attached to an aromatic ring is 1. The van der Waals surface area contributed by atoms with Crippen molar-refractivity contribution in [1.82, 2.24) is 0 Å². The van der Waals surface area contributed by atoms with Gasteiger partial charge in [-0.15, -0.1) is 0 Å². The van der Waals surface area contributed by atoms with Gasteiger partial charge in [0.1, 0.15) is 5.82 Å². The molecule has 0 heterocycles. The van der Waals surface area contributed by atoms with Crippen LogP contribution in [0.3, 0.4) is 0 Å². The van der Waals surface area contributed by atoms with Crippen LogP contribution in [0.4, 0.5) is 15.8 Å². The largest absolute Gasteiger partial charge is 0.397 e. The van der Waals surface area contributed by atoms with Gasteiger partial charge in [0, 0.05) is 12.6 Å². The van der Waals surface area contributed by atoms with E-state index in [2.05, 4.69) is 5.32 Å². The first-order valence-corrected chi connectivity index (χ1v) is 6.00. The average molecular weight is 261 g/mol. The van der Waals surface area contributed by atoms with E-state index >= 15 is 0 Å². The molecular formula is C12H18ClFN2O. The Balaban J connectivity index is 2.79. The molecular weight excluding hydrogens is 243 g/mol. The summed E-state index contributed by atoms with van der Waals surface area (Å²) in [6, 6.07) is 2.60. The van der Waals surface area contributed by atoms with Crippen molar-refractivity contribution in [3.8, 4) is 0 Å². The fourth-order valence-corrected chi connectivity index (χ4v) is 1.65. The normalized spacial score (nSPS) is 11.6. The fraction of sp³-hybridized carbons (Fsp3) is 0.500. The number of halogens is 2. The number of hydrogen-bond acceptors (Lipinski definition) is 3. The average Bonchev–Trinajstić information content (AvgIpc) is 2.32. The summed E-state index contributed by atoms with van der Waals surface area (Å²) in [6.45, 7) is 4.12. The zero-order valence-electron chi connectivity index (χ0n) is 10.1. The summed E-state index contributed by atoms with van der Waals surface area (Å²) in [5.41, 5.74) is 5.72. The third-order valence-corrected chi connectivity index (χ3v) is 3.31. The molecule has 96 valence electrons. The van der Waals surface area contributed by atoms with Gasteiger partial charge in [-0.1, -0.05) is 25.4 Å². The second-order valence-corrected chi connectivity index (χ2v) is 4.55. The van der Waals surface area contributed by atoms with E-state index in [1.54, 1.807) is 0 Å². The van der Waals surface area contributed by atoms with E-state index in [-0.39, 0.29) is 5.02 Å². The highest BCUT2D eigenvalue weighted by atomic mass is 35.5. The lowest BCUT2D eigenvalue weighted by atomic mass is 9.97. The molecule has 0 saturated heterocycles. The number of anilines is 2. The zero-order chi connectivity index (χ0) is 13.1. The Bertz CT molecular complexity index is 394. The minimum atomic E-state index is -0.803. The molecule has 0 saturated carbocycles. The number of aliphatic hydroxyl groups is 1. The van der Waals surface area contributed by atoms with Crippen LogP contribution >= 0.6 is 11.6 Å². The molecule has 0 unspecified atom stereocenters. The predicted molar refractivity (Wildman–Crippen MR) is 69.8 cm³/mol. The third-order valence-electron chi connectivity index (χ3n) is 3.02. The second kappa shape index (κ2) is 5.56. The van der Waals surface area contributed by atoms with Crippen LogP contribution in [-0.2, 0) is 0 Å². The number of hydrogen-bond donors (Lipinski definition) is 3. The topological polar surface area (TPSA) is 58.3 Å². The molecule has 5 heteroatoms. The molecule has 1 rings (SSSR count). The minimum absolute atomic E-state index is 0.00528. The van der Waals surface area contributed by atoms with Crippen LogP contribution in [0.2, 0.25) is 5.02 Å². The number of nitrogens with one attached hydrogen (secondary N) is 1. The van der Waals surface area contributed by atoms with Crippen LogP contribution in [-0.4, -0.2) is 17.3 Å². The molecule has 17 heavy (non-hydrogen) atoms. The highest BCUT2D eigenvalue weighted by Gasteiger charge is 2.22. The predicted octanol–water partition coefficient (Wildman–Crippen LogP) is 3.02. The Morgan fingerprint density at radius 1 is 1.41 bits per heavy atom. The van der Waals surface area contributed by atoms with E-state index < -0.39 is 11.4 Å². The van der Waals surface area contributed by atoms with Crippen LogP contribution < -0.4 is 11.1 Å². The summed E-state index contributed by atoms with van der Waals surface area (Å²) in [4.78, 5) is 0. The Hall–Kier alpha value is -1.00. The lowest BCUT2D eigenvalue weighted by Gasteiger charge is -2.26. The van der Waals surface area contributed by atoms with Gasteiger partial charge in [0.15, 0.2) is 0 Å². The zero-order valence-corrected chi connectivity index (χ0v) is 10.8. The minimum Gasteiger partial charge on any atom is -0.397 e. The van der Waals surface area contributed by atoms with Crippen LogP contribution in [0.25, 0.3) is 0 Å². The summed E-state index contributed by atoms with van der Waals surface area (Å²) in [7, 11) is 0. The molecule has 0 bridgehead atoms. The van der Waals surface area contributed by atoms with E-state index in [0.29, 0.717) is 30.8 Å². The van der Waals surface area contributed by atoms with Gasteiger partial charge < -0.3 is 16.2 Å². The number of rotatable bonds is 5. The molecule has 1 aromatic rings. The van der Waals surface area contributed by atoms with Crippen molar-refractivity contribution in [1.29, 1.82) is 0 Å². The van der Waals surface area contributed by atoms with E-state index in [0.717, 1.165) is 0 Å². The standard InChI is InChI=1S/C12H18ClFN2O/c1-3-12(17,4-2)7-16-11-6-9(14)8(13)5-10(11)15/h5-6,16-17H,3-4,7,15H2,1-2H3. The van der Waals surface area contributed by atoms with Crippen molar-refractivity contribution in [2.24, 2.45) is 0 Å². The third kappa shape index (κ3) is 3.48. The van der Waals surface area contributed by atoms with Crippen molar-refractivity contribution in [2.75, 3.05) is 17.6 Å². The molecule has 0 atom stereocenters. The highest BCUT2D eigenvalue weighted by molar-refractivity contribution is 6.31. The summed E-state index contributed by atoms with van der Waals surface area (Å²) in [6.07, 6.45) is 1.24. The fourth-order valence-electron chi connectivity index (χ4n) is 1.48. The number of benzene rings is 1. The SMILES string of the molecule is CCC(O)(CC)CNc1cc(F)c(Cl)cc1N. The van der Waals surface area contributed by atoms with Gasteiger partial charge in [0.05, 0.1) is 22.0 Å². The van der Waals surface area contributed by atoms with Gasteiger partial charge in [-0.05, 0) is 18.9 Å². The van der Waals surface area contributed by atoms with Gasteiger partial charge >= 0.3 is 0 Å². The van der Waals surface area contributed by atoms with Crippen molar-refractivity contribution in [3.05, 3.63) is 23.0 Å². The van der Waals surface area contributed by atoms with Gasteiger partial charge in [0.25, 0.3) is 0 Å². The molecule has 0 aliphatic heterocycles. The summed E-state index contributed by atoms with van der Waals surface area (Å²) in [5.74, 6) is -0.528. The summed E-state index contributed by atoms with van der Waals surface area (Å²) < 4.78 is 13.3. The van der Waals surface area contributed by atoms with E-state index in [1.807, 2.05) is 13.8 Å². The maximum atomic E-state index is 13.3. The van der Waals surface area contributed by atoms with Gasteiger partial charge in [-0.2, -0.15) is 0 Å². The van der Waals surface area contributed by atoms with Crippen LogP contribution in [0.5, 0.6) is 0 Å². The smallest absolute Gasteiger partial charge is 0.143 e. The molecule has 0 aliphatic carbocycles. The monoisotopic (exact) mass is 260 g/mol. The summed E-state index contributed by atoms with van der Waals surface area (Å²) >= 11 is 5.60. The Labute approximate surface area is 106 Å².